The molecular formula is C19H22N4OS2. The van der Waals surface area contributed by atoms with Gasteiger partial charge in [0.05, 0.1) is 16.8 Å². The van der Waals surface area contributed by atoms with E-state index in [2.05, 4.69) is 36.2 Å². The van der Waals surface area contributed by atoms with Gasteiger partial charge >= 0.3 is 6.03 Å². The minimum absolute atomic E-state index is 0.0221. The Hall–Kier alpha value is -2.12. The number of thiophene rings is 1. The van der Waals surface area contributed by atoms with Gasteiger partial charge in [0.2, 0.25) is 0 Å². The average molecular weight is 387 g/mol. The summed E-state index contributed by atoms with van der Waals surface area (Å²) in [7, 11) is 0. The van der Waals surface area contributed by atoms with Gasteiger partial charge in [-0.05, 0) is 42.5 Å². The molecule has 1 saturated heterocycles. The Morgan fingerprint density at radius 1 is 1.19 bits per heavy atom. The maximum absolute atomic E-state index is 12.3. The number of amides is 2. The van der Waals surface area contributed by atoms with Crippen LogP contribution in [0.4, 0.5) is 9.93 Å². The predicted molar refractivity (Wildman–Crippen MR) is 109 cm³/mol. The number of urea groups is 1. The molecule has 0 unspecified atom stereocenters. The number of hydrogen-bond donors (Lipinski definition) is 1. The summed E-state index contributed by atoms with van der Waals surface area (Å²) in [6.45, 7) is 7.97. The maximum atomic E-state index is 12.3. The van der Waals surface area contributed by atoms with E-state index in [1.54, 1.807) is 22.7 Å². The Labute approximate surface area is 161 Å². The zero-order valence-electron chi connectivity index (χ0n) is 15.0. The van der Waals surface area contributed by atoms with Gasteiger partial charge in [-0.3, -0.25) is 0 Å². The molecule has 0 atom stereocenters. The van der Waals surface area contributed by atoms with Crippen molar-refractivity contribution in [2.24, 2.45) is 0 Å². The molecule has 0 bridgehead atoms. The molecule has 4 rings (SSSR count). The number of carbonyl (C=O) groups is 1. The quantitative estimate of drug-likeness (QED) is 0.740. The molecule has 3 heterocycles. The first kappa shape index (κ1) is 17.3. The van der Waals surface area contributed by atoms with Gasteiger partial charge in [-0.1, -0.05) is 23.5 Å². The highest BCUT2D eigenvalue weighted by Crippen LogP contribution is 2.32. The van der Waals surface area contributed by atoms with Crippen molar-refractivity contribution in [3.8, 4) is 0 Å². The average Bonchev–Trinajstić information content (AvgIpc) is 3.33. The number of benzene rings is 1. The summed E-state index contributed by atoms with van der Waals surface area (Å²) in [4.78, 5) is 22.6. The molecule has 1 N–H and O–H groups in total. The lowest BCUT2D eigenvalue weighted by atomic mass is 10.1. The summed E-state index contributed by atoms with van der Waals surface area (Å²) in [6.07, 6.45) is 0. The van der Waals surface area contributed by atoms with Crippen molar-refractivity contribution in [1.29, 1.82) is 0 Å². The first-order chi connectivity index (χ1) is 12.6. The second-order valence-corrected chi connectivity index (χ2v) is 8.60. The normalized spacial score (nSPS) is 14.8. The van der Waals surface area contributed by atoms with E-state index in [4.69, 9.17) is 4.98 Å². The summed E-state index contributed by atoms with van der Waals surface area (Å²) in [5, 5.41) is 6.10. The van der Waals surface area contributed by atoms with Crippen LogP contribution in [0.15, 0.2) is 29.6 Å². The van der Waals surface area contributed by atoms with Crippen molar-refractivity contribution in [3.63, 3.8) is 0 Å². The van der Waals surface area contributed by atoms with Gasteiger partial charge in [-0.25, -0.2) is 9.78 Å². The fourth-order valence-corrected chi connectivity index (χ4v) is 4.86. The predicted octanol–water partition coefficient (Wildman–Crippen LogP) is 4.01. The number of fused-ring (bicyclic) bond motifs is 1. The van der Waals surface area contributed by atoms with Crippen molar-refractivity contribution >= 4 is 44.1 Å². The second-order valence-electron chi connectivity index (χ2n) is 6.56. The van der Waals surface area contributed by atoms with Crippen LogP contribution in [0.2, 0.25) is 0 Å². The molecule has 0 aliphatic carbocycles. The van der Waals surface area contributed by atoms with E-state index in [0.717, 1.165) is 36.8 Å². The highest BCUT2D eigenvalue weighted by molar-refractivity contribution is 7.22. The molecular weight excluding hydrogens is 364 g/mol. The molecule has 2 aromatic heterocycles. The molecule has 0 spiro atoms. The van der Waals surface area contributed by atoms with E-state index in [0.29, 0.717) is 6.54 Å². The van der Waals surface area contributed by atoms with Gasteiger partial charge in [0, 0.05) is 31.1 Å². The topological polar surface area (TPSA) is 48.5 Å². The van der Waals surface area contributed by atoms with Gasteiger partial charge in [0.1, 0.15) is 0 Å². The molecule has 26 heavy (non-hydrogen) atoms. The summed E-state index contributed by atoms with van der Waals surface area (Å²) in [5.41, 5.74) is 3.65. The van der Waals surface area contributed by atoms with E-state index in [-0.39, 0.29) is 6.03 Å². The number of aromatic nitrogens is 1. The lowest BCUT2D eigenvalue weighted by Crippen LogP contribution is -2.51. The fraction of sp³-hybridized carbons (Fsp3) is 0.368. The Kier molecular flexibility index (Phi) is 4.82. The second kappa shape index (κ2) is 7.25. The number of anilines is 1. The number of carbonyl (C=O) groups excluding carboxylic acids is 1. The minimum atomic E-state index is 0.0221. The molecule has 3 aromatic rings. The van der Waals surface area contributed by atoms with Crippen LogP contribution in [-0.4, -0.2) is 42.1 Å². The van der Waals surface area contributed by atoms with Crippen LogP contribution in [0.1, 0.15) is 16.0 Å². The molecule has 1 fully saturated rings. The lowest BCUT2D eigenvalue weighted by molar-refractivity contribution is 0.194. The van der Waals surface area contributed by atoms with Crippen LogP contribution in [0.5, 0.6) is 0 Å². The molecule has 136 valence electrons. The SMILES string of the molecule is Cc1ccc2sc(N3CCN(C(=O)NCc4cccs4)CC3)nc2c1C. The van der Waals surface area contributed by atoms with Crippen molar-refractivity contribution in [3.05, 3.63) is 45.6 Å². The Morgan fingerprint density at radius 3 is 2.73 bits per heavy atom. The summed E-state index contributed by atoms with van der Waals surface area (Å²) >= 11 is 3.41. The maximum Gasteiger partial charge on any atom is 0.317 e. The third-order valence-corrected chi connectivity index (χ3v) is 6.86. The molecule has 5 nitrogen and oxygen atoms in total. The van der Waals surface area contributed by atoms with Gasteiger partial charge in [-0.15, -0.1) is 11.3 Å². The van der Waals surface area contributed by atoms with Gasteiger partial charge in [-0.2, -0.15) is 0 Å². The molecule has 0 radical (unpaired) electrons. The van der Waals surface area contributed by atoms with Crippen LogP contribution >= 0.6 is 22.7 Å². The number of thiazole rings is 1. The number of nitrogens with zero attached hydrogens (tertiary/aromatic N) is 3. The summed E-state index contributed by atoms with van der Waals surface area (Å²) in [6, 6.07) is 8.39. The van der Waals surface area contributed by atoms with Crippen LogP contribution in [-0.2, 0) is 6.54 Å². The third kappa shape index (κ3) is 3.41. The highest BCUT2D eigenvalue weighted by atomic mass is 32.1. The Balaban J connectivity index is 1.37. The largest absolute Gasteiger partial charge is 0.345 e. The monoisotopic (exact) mass is 386 g/mol. The van der Waals surface area contributed by atoms with Crippen molar-refractivity contribution in [1.82, 2.24) is 15.2 Å². The van der Waals surface area contributed by atoms with E-state index < -0.39 is 0 Å². The fourth-order valence-electron chi connectivity index (χ4n) is 3.14. The minimum Gasteiger partial charge on any atom is -0.345 e. The molecule has 0 saturated carbocycles. The van der Waals surface area contributed by atoms with E-state index >= 15 is 0 Å². The van der Waals surface area contributed by atoms with Gasteiger partial charge in [0.15, 0.2) is 5.13 Å². The summed E-state index contributed by atoms with van der Waals surface area (Å²) < 4.78 is 1.24. The van der Waals surface area contributed by atoms with Crippen LogP contribution < -0.4 is 10.2 Å². The molecule has 1 aliphatic heterocycles. The zero-order valence-corrected chi connectivity index (χ0v) is 16.6. The number of hydrogen-bond acceptors (Lipinski definition) is 5. The number of rotatable bonds is 3. The van der Waals surface area contributed by atoms with E-state index in [9.17, 15) is 4.79 Å². The molecule has 1 aromatic carbocycles. The standard InChI is InChI=1S/C19H22N4OS2/c1-13-5-6-16-17(14(13)2)21-19(26-16)23-9-7-22(8-10-23)18(24)20-12-15-4-3-11-25-15/h3-6,11H,7-10,12H2,1-2H3,(H,20,24). The van der Waals surface area contributed by atoms with Gasteiger partial charge in [0.25, 0.3) is 0 Å². The smallest absolute Gasteiger partial charge is 0.317 e. The highest BCUT2D eigenvalue weighted by Gasteiger charge is 2.23. The van der Waals surface area contributed by atoms with Crippen molar-refractivity contribution in [2.75, 3.05) is 31.1 Å². The van der Waals surface area contributed by atoms with Crippen LogP contribution in [0.25, 0.3) is 10.2 Å². The number of aryl methyl sites for hydroxylation is 2. The molecule has 7 heteroatoms. The number of piperazine rings is 1. The zero-order chi connectivity index (χ0) is 18.1. The van der Waals surface area contributed by atoms with E-state index in [1.165, 1.54) is 20.7 Å². The number of nitrogens with one attached hydrogen (secondary N) is 1. The van der Waals surface area contributed by atoms with Crippen LogP contribution in [0.3, 0.4) is 0 Å². The Bertz CT molecular complexity index is 911. The Morgan fingerprint density at radius 2 is 2.00 bits per heavy atom. The van der Waals surface area contributed by atoms with Crippen LogP contribution in [0, 0.1) is 13.8 Å². The lowest BCUT2D eigenvalue weighted by Gasteiger charge is -2.34. The molecule has 1 aliphatic rings. The van der Waals surface area contributed by atoms with Crippen molar-refractivity contribution in [2.45, 2.75) is 20.4 Å². The molecule has 2 amide bonds. The van der Waals surface area contributed by atoms with Crippen molar-refractivity contribution < 1.29 is 4.79 Å². The first-order valence-electron chi connectivity index (χ1n) is 8.78. The summed E-state index contributed by atoms with van der Waals surface area (Å²) in [5.74, 6) is 0. The van der Waals surface area contributed by atoms with E-state index in [1.807, 2.05) is 22.4 Å². The van der Waals surface area contributed by atoms with Gasteiger partial charge < -0.3 is 15.1 Å². The third-order valence-electron chi connectivity index (χ3n) is 4.90. The first-order valence-corrected chi connectivity index (χ1v) is 10.5.